The predicted molar refractivity (Wildman–Crippen MR) is 85.9 cm³/mol. The molecule has 0 bridgehead atoms. The first kappa shape index (κ1) is 14.1. The summed E-state index contributed by atoms with van der Waals surface area (Å²) in [5.74, 6) is 1.55. The number of ether oxygens (including phenoxy) is 2. The first-order valence-electron chi connectivity index (χ1n) is 7.89. The summed E-state index contributed by atoms with van der Waals surface area (Å²) in [5, 5.41) is 4.20. The number of allylic oxidation sites excluding steroid dienone is 1. The van der Waals surface area contributed by atoms with Crippen LogP contribution >= 0.6 is 0 Å². The smallest absolute Gasteiger partial charge is 0.192 e. The molecule has 1 aliphatic heterocycles. The maximum atomic E-state index is 12.7. The highest BCUT2D eigenvalue weighted by atomic mass is 16.5. The molecule has 0 saturated carbocycles. The molecule has 5 heteroatoms. The highest BCUT2D eigenvalue weighted by Crippen LogP contribution is 2.36. The summed E-state index contributed by atoms with van der Waals surface area (Å²) in [5.41, 5.74) is 3.43. The maximum Gasteiger partial charge on any atom is 0.192 e. The van der Waals surface area contributed by atoms with Gasteiger partial charge >= 0.3 is 0 Å². The van der Waals surface area contributed by atoms with Crippen molar-refractivity contribution in [2.24, 2.45) is 7.05 Å². The molecule has 2 aliphatic rings. The molecule has 1 aliphatic carbocycles. The quantitative estimate of drug-likeness (QED) is 0.760. The van der Waals surface area contributed by atoms with Crippen LogP contribution in [0.25, 0.3) is 6.08 Å². The number of ketones is 1. The summed E-state index contributed by atoms with van der Waals surface area (Å²) < 4.78 is 13.3. The van der Waals surface area contributed by atoms with Crippen molar-refractivity contribution in [3.63, 3.8) is 0 Å². The van der Waals surface area contributed by atoms with Gasteiger partial charge in [0.15, 0.2) is 17.3 Å². The largest absolute Gasteiger partial charge is 0.490 e. The molecular weight excluding hydrogens is 292 g/mol. The molecule has 0 amide bonds. The third-order valence-corrected chi connectivity index (χ3v) is 4.36. The minimum Gasteiger partial charge on any atom is -0.490 e. The Morgan fingerprint density at radius 2 is 2.09 bits per heavy atom. The van der Waals surface area contributed by atoms with Gasteiger partial charge in [0, 0.05) is 30.3 Å². The van der Waals surface area contributed by atoms with E-state index >= 15 is 0 Å². The van der Waals surface area contributed by atoms with Crippen LogP contribution in [0.4, 0.5) is 0 Å². The van der Waals surface area contributed by atoms with E-state index in [9.17, 15) is 4.79 Å². The van der Waals surface area contributed by atoms with E-state index in [-0.39, 0.29) is 5.78 Å². The fourth-order valence-electron chi connectivity index (χ4n) is 3.14. The van der Waals surface area contributed by atoms with Gasteiger partial charge in [-0.1, -0.05) is 12.1 Å². The van der Waals surface area contributed by atoms with Crippen molar-refractivity contribution in [2.45, 2.75) is 19.3 Å². The van der Waals surface area contributed by atoms with Crippen molar-refractivity contribution >= 4 is 11.9 Å². The Hall–Kier alpha value is -2.56. The summed E-state index contributed by atoms with van der Waals surface area (Å²) in [6, 6.07) is 5.81. The third-order valence-electron chi connectivity index (χ3n) is 4.36. The molecule has 0 radical (unpaired) electrons. The lowest BCUT2D eigenvalue weighted by Gasteiger charge is -2.16. The molecule has 1 aromatic heterocycles. The molecule has 0 fully saturated rings. The van der Waals surface area contributed by atoms with E-state index in [4.69, 9.17) is 9.47 Å². The molecule has 5 nitrogen and oxygen atoms in total. The molecule has 0 N–H and O–H groups in total. The van der Waals surface area contributed by atoms with Crippen LogP contribution in [0.15, 0.2) is 30.0 Å². The SMILES string of the molecule is Cn1ncc2c1CC/C(=C\c1cccc3c1OCCCO3)C2=O. The lowest BCUT2D eigenvalue weighted by atomic mass is 9.90. The average molecular weight is 310 g/mol. The fraction of sp³-hybridized carbons (Fsp3) is 0.333. The highest BCUT2D eigenvalue weighted by molar-refractivity contribution is 6.13. The molecule has 0 atom stereocenters. The zero-order valence-corrected chi connectivity index (χ0v) is 13.0. The number of hydrogen-bond donors (Lipinski definition) is 0. The van der Waals surface area contributed by atoms with Crippen LogP contribution in [0, 0.1) is 0 Å². The van der Waals surface area contributed by atoms with Crippen LogP contribution in [0.3, 0.4) is 0 Å². The molecule has 0 spiro atoms. The van der Waals surface area contributed by atoms with Crippen molar-refractivity contribution in [1.29, 1.82) is 0 Å². The van der Waals surface area contributed by atoms with Gasteiger partial charge in [-0.2, -0.15) is 5.10 Å². The Morgan fingerprint density at radius 3 is 3.00 bits per heavy atom. The maximum absolute atomic E-state index is 12.7. The van der Waals surface area contributed by atoms with Crippen molar-refractivity contribution in [3.05, 3.63) is 46.8 Å². The number of aryl methyl sites for hydroxylation is 1. The van der Waals surface area contributed by atoms with E-state index in [1.54, 1.807) is 10.9 Å². The van der Waals surface area contributed by atoms with Gasteiger partial charge in [0.05, 0.1) is 25.0 Å². The van der Waals surface area contributed by atoms with Gasteiger partial charge in [0.1, 0.15) is 0 Å². The van der Waals surface area contributed by atoms with Crippen molar-refractivity contribution in [3.8, 4) is 11.5 Å². The summed E-state index contributed by atoms with van der Waals surface area (Å²) >= 11 is 0. The number of nitrogens with zero attached hydrogens (tertiary/aromatic N) is 2. The summed E-state index contributed by atoms with van der Waals surface area (Å²) in [7, 11) is 1.88. The van der Waals surface area contributed by atoms with Crippen LogP contribution in [0.1, 0.15) is 34.5 Å². The van der Waals surface area contributed by atoms with Crippen LogP contribution in [0.5, 0.6) is 11.5 Å². The molecule has 23 heavy (non-hydrogen) atoms. The van der Waals surface area contributed by atoms with Crippen LogP contribution in [-0.2, 0) is 13.5 Å². The van der Waals surface area contributed by atoms with E-state index in [0.717, 1.165) is 47.6 Å². The summed E-state index contributed by atoms with van der Waals surface area (Å²) in [6.07, 6.45) is 6.01. The molecule has 2 aromatic rings. The Kier molecular flexibility index (Phi) is 3.41. The standard InChI is InChI=1S/C18H18N2O3/c1-20-15-7-6-12(17(21)14(15)11-19-20)10-13-4-2-5-16-18(13)23-9-3-8-22-16/h2,4-5,10-11H,3,6-9H2,1H3/b12-10+. The van der Waals surface area contributed by atoms with E-state index in [0.29, 0.717) is 18.8 Å². The van der Waals surface area contributed by atoms with E-state index < -0.39 is 0 Å². The van der Waals surface area contributed by atoms with E-state index in [1.165, 1.54) is 0 Å². The first-order valence-corrected chi connectivity index (χ1v) is 7.89. The Labute approximate surface area is 134 Å². The van der Waals surface area contributed by atoms with E-state index in [2.05, 4.69) is 5.10 Å². The van der Waals surface area contributed by atoms with Gasteiger partial charge in [-0.3, -0.25) is 9.48 Å². The number of hydrogen-bond acceptors (Lipinski definition) is 4. The van der Waals surface area contributed by atoms with Crippen molar-refractivity contribution in [1.82, 2.24) is 9.78 Å². The van der Waals surface area contributed by atoms with Gasteiger partial charge in [0.25, 0.3) is 0 Å². The zero-order chi connectivity index (χ0) is 15.8. The summed E-state index contributed by atoms with van der Waals surface area (Å²) in [4.78, 5) is 12.7. The van der Waals surface area contributed by atoms with Crippen LogP contribution in [0.2, 0.25) is 0 Å². The van der Waals surface area contributed by atoms with Gasteiger partial charge in [0.2, 0.25) is 0 Å². The Bertz CT molecular complexity index is 805. The predicted octanol–water partition coefficient (Wildman–Crippen LogP) is 2.79. The van der Waals surface area contributed by atoms with E-state index in [1.807, 2.05) is 31.3 Å². The third kappa shape index (κ3) is 2.42. The molecule has 4 rings (SSSR count). The monoisotopic (exact) mass is 310 g/mol. The van der Waals surface area contributed by atoms with Crippen LogP contribution < -0.4 is 9.47 Å². The Morgan fingerprint density at radius 1 is 1.22 bits per heavy atom. The lowest BCUT2D eigenvalue weighted by Crippen LogP contribution is -2.15. The number of aromatic nitrogens is 2. The minimum atomic E-state index is 0.0616. The molecular formula is C18H18N2O3. The molecule has 1 aromatic carbocycles. The van der Waals surface area contributed by atoms with Crippen molar-refractivity contribution < 1.29 is 14.3 Å². The number of para-hydroxylation sites is 1. The topological polar surface area (TPSA) is 53.4 Å². The number of Topliss-reactive ketones (excluding diaryl/α,β-unsaturated/α-hetero) is 1. The zero-order valence-electron chi connectivity index (χ0n) is 13.0. The second kappa shape index (κ2) is 5.57. The second-order valence-electron chi connectivity index (χ2n) is 5.85. The van der Waals surface area contributed by atoms with Gasteiger partial charge in [-0.25, -0.2) is 0 Å². The number of fused-ring (bicyclic) bond motifs is 2. The summed E-state index contributed by atoms with van der Waals surface area (Å²) in [6.45, 7) is 1.29. The molecule has 0 unspecified atom stereocenters. The van der Waals surface area contributed by atoms with Crippen LogP contribution in [-0.4, -0.2) is 28.8 Å². The second-order valence-corrected chi connectivity index (χ2v) is 5.85. The molecule has 118 valence electrons. The lowest BCUT2D eigenvalue weighted by molar-refractivity contribution is 0.102. The van der Waals surface area contributed by atoms with Crippen molar-refractivity contribution in [2.75, 3.05) is 13.2 Å². The fourth-order valence-corrected chi connectivity index (χ4v) is 3.14. The number of rotatable bonds is 1. The Balaban J connectivity index is 1.73. The van der Waals surface area contributed by atoms with Gasteiger partial charge in [-0.05, 0) is 25.0 Å². The molecule has 2 heterocycles. The minimum absolute atomic E-state index is 0.0616. The normalized spacial score (nSPS) is 18.7. The molecule has 0 saturated heterocycles. The first-order chi connectivity index (χ1) is 11.2. The number of carbonyl (C=O) groups excluding carboxylic acids is 1. The van der Waals surface area contributed by atoms with Gasteiger partial charge in [-0.15, -0.1) is 0 Å². The number of carbonyl (C=O) groups is 1. The average Bonchev–Trinajstić information content (AvgIpc) is 2.79. The van der Waals surface area contributed by atoms with Gasteiger partial charge < -0.3 is 9.47 Å². The number of benzene rings is 1. The highest BCUT2D eigenvalue weighted by Gasteiger charge is 2.25.